The van der Waals surface area contributed by atoms with Crippen molar-refractivity contribution < 1.29 is 9.90 Å². The third kappa shape index (κ3) is 1.92. The summed E-state index contributed by atoms with van der Waals surface area (Å²) in [5, 5.41) is 9.89. The number of nitrogens with two attached hydrogens (primary N) is 1. The molecule has 94 valence electrons. The van der Waals surface area contributed by atoms with E-state index in [4.69, 9.17) is 10.8 Å². The SMILES string of the molecule is Nc1ccc2nc(SC3CCC3C(=O)O)[nH]c2c1. The Balaban J connectivity index is 1.81. The van der Waals surface area contributed by atoms with E-state index in [9.17, 15) is 4.79 Å². The van der Waals surface area contributed by atoms with Crippen molar-refractivity contribution in [2.45, 2.75) is 23.2 Å². The molecule has 6 heteroatoms. The number of aromatic nitrogens is 2. The lowest BCUT2D eigenvalue weighted by molar-refractivity contribution is -0.144. The number of H-pyrrole nitrogens is 1. The van der Waals surface area contributed by atoms with E-state index in [2.05, 4.69) is 9.97 Å². The fourth-order valence-electron chi connectivity index (χ4n) is 2.10. The van der Waals surface area contributed by atoms with Gasteiger partial charge in [0.05, 0.1) is 17.0 Å². The predicted octanol–water partition coefficient (Wildman–Crippen LogP) is 2.10. The van der Waals surface area contributed by atoms with Gasteiger partial charge in [-0.1, -0.05) is 11.8 Å². The van der Waals surface area contributed by atoms with Gasteiger partial charge in [-0.2, -0.15) is 0 Å². The molecule has 0 saturated heterocycles. The van der Waals surface area contributed by atoms with Crippen molar-refractivity contribution in [3.8, 4) is 0 Å². The third-order valence-corrected chi connectivity index (χ3v) is 4.56. The minimum absolute atomic E-state index is 0.125. The third-order valence-electron chi connectivity index (χ3n) is 3.28. The van der Waals surface area contributed by atoms with E-state index in [1.54, 1.807) is 6.07 Å². The van der Waals surface area contributed by atoms with Crippen LogP contribution in [0.25, 0.3) is 11.0 Å². The Labute approximate surface area is 108 Å². The first-order valence-corrected chi connectivity index (χ1v) is 6.66. The molecule has 1 aromatic carbocycles. The van der Waals surface area contributed by atoms with Crippen molar-refractivity contribution in [1.29, 1.82) is 0 Å². The van der Waals surface area contributed by atoms with Gasteiger partial charge in [0.2, 0.25) is 0 Å². The summed E-state index contributed by atoms with van der Waals surface area (Å²) in [5.41, 5.74) is 8.14. The zero-order valence-electron chi connectivity index (χ0n) is 9.59. The highest BCUT2D eigenvalue weighted by atomic mass is 32.2. The highest BCUT2D eigenvalue weighted by molar-refractivity contribution is 7.99. The Bertz CT molecular complexity index is 610. The number of carboxylic acids is 1. The number of fused-ring (bicyclic) bond motifs is 1. The monoisotopic (exact) mass is 263 g/mol. The lowest BCUT2D eigenvalue weighted by Gasteiger charge is -2.31. The summed E-state index contributed by atoms with van der Waals surface area (Å²) in [5.74, 6) is -0.951. The highest BCUT2D eigenvalue weighted by Gasteiger charge is 2.37. The second kappa shape index (κ2) is 4.20. The Morgan fingerprint density at radius 1 is 1.50 bits per heavy atom. The van der Waals surface area contributed by atoms with Crippen molar-refractivity contribution >= 4 is 34.5 Å². The van der Waals surface area contributed by atoms with E-state index in [1.165, 1.54) is 11.8 Å². The fraction of sp³-hybridized carbons (Fsp3) is 0.333. The second-order valence-electron chi connectivity index (χ2n) is 4.50. The van der Waals surface area contributed by atoms with Crippen LogP contribution < -0.4 is 5.73 Å². The number of thioether (sulfide) groups is 1. The first kappa shape index (κ1) is 11.4. The Morgan fingerprint density at radius 3 is 3.00 bits per heavy atom. The minimum atomic E-state index is -0.709. The minimum Gasteiger partial charge on any atom is -0.481 e. The van der Waals surface area contributed by atoms with E-state index in [1.807, 2.05) is 12.1 Å². The van der Waals surface area contributed by atoms with Crippen LogP contribution in [0, 0.1) is 5.92 Å². The van der Waals surface area contributed by atoms with E-state index in [0.29, 0.717) is 5.69 Å². The van der Waals surface area contributed by atoms with Crippen LogP contribution in [-0.2, 0) is 4.79 Å². The number of anilines is 1. The molecule has 1 aliphatic carbocycles. The largest absolute Gasteiger partial charge is 0.481 e. The number of carbonyl (C=O) groups is 1. The number of carboxylic acid groups (broad SMARTS) is 1. The summed E-state index contributed by atoms with van der Waals surface area (Å²) >= 11 is 1.51. The second-order valence-corrected chi connectivity index (χ2v) is 5.72. The maximum Gasteiger partial charge on any atom is 0.307 e. The number of nitrogens with one attached hydrogen (secondary N) is 1. The van der Waals surface area contributed by atoms with Crippen LogP contribution in [0.3, 0.4) is 0 Å². The van der Waals surface area contributed by atoms with Crippen molar-refractivity contribution in [3.63, 3.8) is 0 Å². The van der Waals surface area contributed by atoms with Gasteiger partial charge in [-0.15, -0.1) is 0 Å². The number of imidazole rings is 1. The molecule has 3 rings (SSSR count). The van der Waals surface area contributed by atoms with E-state index in [0.717, 1.165) is 29.0 Å². The number of nitrogens with zero attached hydrogens (tertiary/aromatic N) is 1. The van der Waals surface area contributed by atoms with Crippen LogP contribution in [0.4, 0.5) is 5.69 Å². The molecule has 1 fully saturated rings. The van der Waals surface area contributed by atoms with Crippen LogP contribution in [0.2, 0.25) is 0 Å². The van der Waals surface area contributed by atoms with E-state index < -0.39 is 5.97 Å². The first-order valence-electron chi connectivity index (χ1n) is 5.78. The summed E-state index contributed by atoms with van der Waals surface area (Å²) in [6.45, 7) is 0. The molecular weight excluding hydrogens is 250 g/mol. The molecule has 1 saturated carbocycles. The molecule has 0 radical (unpaired) electrons. The number of hydrogen-bond donors (Lipinski definition) is 3. The van der Waals surface area contributed by atoms with E-state index in [-0.39, 0.29) is 11.2 Å². The van der Waals surface area contributed by atoms with Crippen molar-refractivity contribution in [1.82, 2.24) is 9.97 Å². The average Bonchev–Trinajstić information content (AvgIpc) is 2.65. The molecule has 0 amide bonds. The van der Waals surface area contributed by atoms with Gasteiger partial charge in [-0.25, -0.2) is 4.98 Å². The number of rotatable bonds is 3. The summed E-state index contributed by atoms with van der Waals surface area (Å²) in [7, 11) is 0. The summed E-state index contributed by atoms with van der Waals surface area (Å²) < 4.78 is 0. The maximum atomic E-state index is 10.9. The van der Waals surface area contributed by atoms with Crippen LogP contribution in [0.15, 0.2) is 23.4 Å². The predicted molar refractivity (Wildman–Crippen MR) is 70.5 cm³/mol. The summed E-state index contributed by atoms with van der Waals surface area (Å²) in [6.07, 6.45) is 1.70. The smallest absolute Gasteiger partial charge is 0.307 e. The van der Waals surface area contributed by atoms with Gasteiger partial charge in [-0.05, 0) is 31.0 Å². The maximum absolute atomic E-state index is 10.9. The van der Waals surface area contributed by atoms with Gasteiger partial charge in [0, 0.05) is 10.9 Å². The Hall–Kier alpha value is -1.69. The molecular formula is C12H13N3O2S. The molecule has 1 heterocycles. The number of nitrogen functional groups attached to an aromatic ring is 1. The van der Waals surface area contributed by atoms with Crippen LogP contribution in [-0.4, -0.2) is 26.3 Å². The van der Waals surface area contributed by atoms with Crippen LogP contribution in [0.5, 0.6) is 0 Å². The molecule has 2 unspecified atom stereocenters. The van der Waals surface area contributed by atoms with Gasteiger partial charge in [0.25, 0.3) is 0 Å². The summed E-state index contributed by atoms with van der Waals surface area (Å²) in [4.78, 5) is 18.5. The average molecular weight is 263 g/mol. The number of aliphatic carboxylic acids is 1. The van der Waals surface area contributed by atoms with Crippen molar-refractivity contribution in [3.05, 3.63) is 18.2 Å². The van der Waals surface area contributed by atoms with Gasteiger partial charge in [0.1, 0.15) is 0 Å². The van der Waals surface area contributed by atoms with Crippen molar-refractivity contribution in [2.75, 3.05) is 5.73 Å². The number of benzene rings is 1. The topological polar surface area (TPSA) is 92.0 Å². The summed E-state index contributed by atoms with van der Waals surface area (Å²) in [6, 6.07) is 5.50. The Morgan fingerprint density at radius 2 is 2.33 bits per heavy atom. The molecule has 5 nitrogen and oxygen atoms in total. The van der Waals surface area contributed by atoms with Crippen molar-refractivity contribution in [2.24, 2.45) is 5.92 Å². The van der Waals surface area contributed by atoms with Gasteiger partial charge in [0.15, 0.2) is 5.16 Å². The molecule has 1 aliphatic rings. The van der Waals surface area contributed by atoms with E-state index >= 15 is 0 Å². The highest BCUT2D eigenvalue weighted by Crippen LogP contribution is 2.40. The molecule has 0 bridgehead atoms. The number of hydrogen-bond acceptors (Lipinski definition) is 4. The fourth-order valence-corrected chi connectivity index (χ4v) is 3.37. The molecule has 18 heavy (non-hydrogen) atoms. The molecule has 0 spiro atoms. The zero-order valence-corrected chi connectivity index (χ0v) is 10.4. The quantitative estimate of drug-likeness (QED) is 0.737. The van der Waals surface area contributed by atoms with Crippen LogP contribution in [0.1, 0.15) is 12.8 Å². The van der Waals surface area contributed by atoms with Gasteiger partial charge in [-0.3, -0.25) is 4.79 Å². The number of aromatic amines is 1. The molecule has 1 aromatic heterocycles. The van der Waals surface area contributed by atoms with Crippen LogP contribution >= 0.6 is 11.8 Å². The lowest BCUT2D eigenvalue weighted by atomic mass is 9.85. The normalized spacial score (nSPS) is 22.9. The molecule has 2 atom stereocenters. The Kier molecular flexibility index (Phi) is 2.66. The lowest BCUT2D eigenvalue weighted by Crippen LogP contribution is -2.35. The van der Waals surface area contributed by atoms with Gasteiger partial charge >= 0.3 is 5.97 Å². The zero-order chi connectivity index (χ0) is 12.7. The first-order chi connectivity index (χ1) is 8.63. The molecule has 2 aromatic rings. The molecule has 4 N–H and O–H groups in total. The van der Waals surface area contributed by atoms with Gasteiger partial charge < -0.3 is 15.8 Å². The standard InChI is InChI=1S/C12H13N3O2S/c13-6-1-3-8-9(5-6)15-12(14-8)18-10-4-2-7(10)11(16)17/h1,3,5,7,10H,2,4,13H2,(H,14,15)(H,16,17). The molecule has 0 aliphatic heterocycles.